The van der Waals surface area contributed by atoms with E-state index >= 15 is 0 Å². The number of benzene rings is 6. The number of carbonyl (C=O) groups excluding carboxylic acids is 1. The third-order valence-corrected chi connectivity index (χ3v) is 8.06. The lowest BCUT2D eigenvalue weighted by Crippen LogP contribution is -2.42. The molecule has 4 heteroatoms. The van der Waals surface area contributed by atoms with Crippen LogP contribution < -0.4 is 10.2 Å². The molecule has 6 aromatic carbocycles. The highest BCUT2D eigenvalue weighted by atomic mass is 19.1. The maximum atomic E-state index is 14.3. The molecule has 6 aromatic rings. The van der Waals surface area contributed by atoms with Gasteiger partial charge in [0.2, 0.25) is 5.91 Å². The van der Waals surface area contributed by atoms with Crippen molar-refractivity contribution in [1.29, 1.82) is 0 Å². The number of carbonyl (C=O) groups is 1. The van der Waals surface area contributed by atoms with E-state index < -0.39 is 5.41 Å². The Balaban J connectivity index is 1.62. The Hall–Kier alpha value is -4.96. The maximum Gasteiger partial charge on any atom is 0.244 e. The molecule has 1 amide bonds. The first-order valence-electron chi connectivity index (χ1n) is 12.7. The highest BCUT2D eigenvalue weighted by molar-refractivity contribution is 6.19. The minimum atomic E-state index is -1.04. The zero-order valence-corrected chi connectivity index (χ0v) is 20.3. The second-order valence-corrected chi connectivity index (χ2v) is 9.93. The number of amides is 1. The number of halogens is 1. The second kappa shape index (κ2) is 7.53. The number of nitrogens with zero attached hydrogens (tertiary/aromatic N) is 1. The highest BCUT2D eigenvalue weighted by Crippen LogP contribution is 2.61. The van der Waals surface area contributed by atoms with Crippen LogP contribution in [0, 0.1) is 5.82 Å². The number of fused-ring (bicyclic) bond motifs is 10. The largest absolute Gasteiger partial charge is 0.324 e. The maximum absolute atomic E-state index is 14.3. The molecule has 2 heterocycles. The van der Waals surface area contributed by atoms with Gasteiger partial charge in [-0.25, -0.2) is 4.39 Å². The van der Waals surface area contributed by atoms with E-state index in [4.69, 9.17) is 0 Å². The van der Waals surface area contributed by atoms with Crippen LogP contribution in [0.5, 0.6) is 0 Å². The van der Waals surface area contributed by atoms with Crippen molar-refractivity contribution in [2.24, 2.45) is 0 Å². The predicted molar refractivity (Wildman–Crippen MR) is 151 cm³/mol. The second-order valence-electron chi connectivity index (χ2n) is 9.93. The van der Waals surface area contributed by atoms with Gasteiger partial charge in [0.15, 0.2) is 0 Å². The molecule has 0 unspecified atom stereocenters. The van der Waals surface area contributed by atoms with Crippen LogP contribution in [0.3, 0.4) is 0 Å². The Labute approximate surface area is 218 Å². The number of anilines is 4. The van der Waals surface area contributed by atoms with Crippen LogP contribution in [0.15, 0.2) is 121 Å². The van der Waals surface area contributed by atoms with E-state index in [0.29, 0.717) is 0 Å². The molecule has 0 saturated heterocycles. The molecule has 0 bridgehead atoms. The summed E-state index contributed by atoms with van der Waals surface area (Å²) in [6.45, 7) is 0. The summed E-state index contributed by atoms with van der Waals surface area (Å²) in [6, 6.07) is 39.4. The first kappa shape index (κ1) is 21.2. The number of rotatable bonds is 1. The average molecular weight is 493 g/mol. The quantitative estimate of drug-likeness (QED) is 0.251. The van der Waals surface area contributed by atoms with Crippen molar-refractivity contribution >= 4 is 50.2 Å². The van der Waals surface area contributed by atoms with E-state index in [1.165, 1.54) is 12.1 Å². The first-order valence-corrected chi connectivity index (χ1v) is 12.7. The Bertz CT molecular complexity index is 1860. The summed E-state index contributed by atoms with van der Waals surface area (Å²) < 4.78 is 14.1. The molecule has 2 aliphatic rings. The fraction of sp³-hybridized carbons (Fsp3) is 0.0294. The van der Waals surface area contributed by atoms with Crippen molar-refractivity contribution in [2.45, 2.75) is 5.41 Å². The summed E-state index contributed by atoms with van der Waals surface area (Å²) in [5, 5.41) is 7.40. The molecule has 180 valence electrons. The standard InChI is InChI=1S/C34H21FN2O/c35-23-15-17-24(18-16-23)37-31-25-9-3-1-7-21(25)13-19-28(31)34(27-11-5-6-12-30(27)36-33(34)38)29-20-14-22-8-2-4-10-26(22)32(29)37/h1-20H,(H,36,38). The lowest BCUT2D eigenvalue weighted by atomic mass is 9.66. The van der Waals surface area contributed by atoms with Crippen molar-refractivity contribution in [2.75, 3.05) is 10.2 Å². The number of hydrogen-bond acceptors (Lipinski definition) is 2. The third kappa shape index (κ3) is 2.59. The minimum absolute atomic E-state index is 0.0643. The normalized spacial score (nSPS) is 14.9. The van der Waals surface area contributed by atoms with Crippen molar-refractivity contribution in [3.8, 4) is 0 Å². The molecular weight excluding hydrogens is 471 g/mol. The lowest BCUT2D eigenvalue weighted by Gasteiger charge is -2.43. The smallest absolute Gasteiger partial charge is 0.244 e. The molecule has 2 aliphatic heterocycles. The summed E-state index contributed by atoms with van der Waals surface area (Å²) in [5.74, 6) is -0.354. The van der Waals surface area contributed by atoms with Crippen LogP contribution in [0.1, 0.15) is 16.7 Å². The summed E-state index contributed by atoms with van der Waals surface area (Å²) in [6.07, 6.45) is 0. The summed E-state index contributed by atoms with van der Waals surface area (Å²) in [5.41, 5.74) is 5.25. The Morgan fingerprint density at radius 3 is 1.76 bits per heavy atom. The SMILES string of the molecule is O=C1Nc2ccccc2C12c1ccc3ccccc3c1N(c1ccc(F)cc1)c1c2ccc2ccccc12. The van der Waals surface area contributed by atoms with Gasteiger partial charge in [0, 0.05) is 38.8 Å². The van der Waals surface area contributed by atoms with Gasteiger partial charge in [0.1, 0.15) is 11.2 Å². The molecule has 0 atom stereocenters. The third-order valence-electron chi connectivity index (χ3n) is 8.06. The van der Waals surface area contributed by atoms with Crippen LogP contribution in [0.25, 0.3) is 21.5 Å². The first-order chi connectivity index (χ1) is 18.7. The minimum Gasteiger partial charge on any atom is -0.324 e. The average Bonchev–Trinajstić information content (AvgIpc) is 3.25. The van der Waals surface area contributed by atoms with E-state index in [0.717, 1.165) is 61.0 Å². The van der Waals surface area contributed by atoms with E-state index in [-0.39, 0.29) is 11.7 Å². The van der Waals surface area contributed by atoms with Gasteiger partial charge in [-0.3, -0.25) is 4.79 Å². The van der Waals surface area contributed by atoms with Gasteiger partial charge in [0.05, 0.1) is 11.4 Å². The number of para-hydroxylation sites is 1. The van der Waals surface area contributed by atoms with E-state index in [1.807, 2.05) is 54.6 Å². The van der Waals surface area contributed by atoms with Gasteiger partial charge in [-0.05, 0) is 41.1 Å². The van der Waals surface area contributed by atoms with Gasteiger partial charge < -0.3 is 10.2 Å². The fourth-order valence-corrected chi connectivity index (χ4v) is 6.49. The molecule has 8 rings (SSSR count). The Morgan fingerprint density at radius 1 is 0.579 bits per heavy atom. The lowest BCUT2D eigenvalue weighted by molar-refractivity contribution is -0.118. The van der Waals surface area contributed by atoms with Crippen molar-refractivity contribution in [3.63, 3.8) is 0 Å². The molecule has 0 aromatic heterocycles. The molecule has 1 N–H and O–H groups in total. The Morgan fingerprint density at radius 2 is 1.13 bits per heavy atom. The molecule has 0 fully saturated rings. The van der Waals surface area contributed by atoms with Gasteiger partial charge in [0.25, 0.3) is 0 Å². The molecular formula is C34H21FN2O. The monoisotopic (exact) mass is 492 g/mol. The van der Waals surface area contributed by atoms with Gasteiger partial charge in [-0.2, -0.15) is 0 Å². The highest BCUT2D eigenvalue weighted by Gasteiger charge is 2.55. The van der Waals surface area contributed by atoms with Gasteiger partial charge in [-0.1, -0.05) is 91.0 Å². The van der Waals surface area contributed by atoms with E-state index in [1.54, 1.807) is 0 Å². The van der Waals surface area contributed by atoms with Crippen LogP contribution >= 0.6 is 0 Å². The molecule has 0 aliphatic carbocycles. The molecule has 0 saturated carbocycles. The zero-order chi connectivity index (χ0) is 25.4. The molecule has 38 heavy (non-hydrogen) atoms. The molecule has 0 radical (unpaired) electrons. The molecule has 1 spiro atoms. The summed E-state index contributed by atoms with van der Waals surface area (Å²) in [7, 11) is 0. The van der Waals surface area contributed by atoms with Crippen molar-refractivity contribution in [3.05, 3.63) is 144 Å². The predicted octanol–water partition coefficient (Wildman–Crippen LogP) is 8.20. The number of hydrogen-bond donors (Lipinski definition) is 1. The van der Waals surface area contributed by atoms with Crippen LogP contribution in [-0.4, -0.2) is 5.91 Å². The zero-order valence-electron chi connectivity index (χ0n) is 20.3. The van der Waals surface area contributed by atoms with Crippen molar-refractivity contribution < 1.29 is 9.18 Å². The fourth-order valence-electron chi connectivity index (χ4n) is 6.49. The van der Waals surface area contributed by atoms with Crippen LogP contribution in [0.2, 0.25) is 0 Å². The topological polar surface area (TPSA) is 32.3 Å². The summed E-state index contributed by atoms with van der Waals surface area (Å²) >= 11 is 0. The van der Waals surface area contributed by atoms with Crippen LogP contribution in [0.4, 0.5) is 27.1 Å². The van der Waals surface area contributed by atoms with Crippen LogP contribution in [-0.2, 0) is 10.2 Å². The van der Waals surface area contributed by atoms with Crippen molar-refractivity contribution in [1.82, 2.24) is 0 Å². The Kier molecular flexibility index (Phi) is 4.19. The summed E-state index contributed by atoms with van der Waals surface area (Å²) in [4.78, 5) is 16.5. The molecule has 3 nitrogen and oxygen atoms in total. The number of nitrogens with one attached hydrogen (secondary N) is 1. The van der Waals surface area contributed by atoms with E-state index in [9.17, 15) is 9.18 Å². The van der Waals surface area contributed by atoms with Gasteiger partial charge in [-0.15, -0.1) is 0 Å². The van der Waals surface area contributed by atoms with E-state index in [2.05, 4.69) is 64.8 Å². The van der Waals surface area contributed by atoms with Gasteiger partial charge >= 0.3 is 0 Å².